The zero-order valence-electron chi connectivity index (χ0n) is 12.1. The van der Waals surface area contributed by atoms with Crippen molar-refractivity contribution in [3.63, 3.8) is 0 Å². The summed E-state index contributed by atoms with van der Waals surface area (Å²) in [6.45, 7) is 8.76. The van der Waals surface area contributed by atoms with Gasteiger partial charge in [0.15, 0.2) is 0 Å². The number of likely N-dealkylation sites (N-methyl/N-ethyl adjacent to an activating group) is 1. The van der Waals surface area contributed by atoms with Crippen molar-refractivity contribution in [1.82, 2.24) is 9.80 Å². The molecular weight excluding hydrogens is 214 g/mol. The van der Waals surface area contributed by atoms with E-state index in [1.807, 2.05) is 19.0 Å². The average molecular weight is 243 g/mol. The molecule has 0 aromatic carbocycles. The molecule has 0 bridgehead atoms. The Morgan fingerprint density at radius 3 is 2.24 bits per heavy atom. The van der Waals surface area contributed by atoms with Crippen LogP contribution in [0.2, 0.25) is 0 Å². The monoisotopic (exact) mass is 243 g/mol. The van der Waals surface area contributed by atoms with Crippen molar-refractivity contribution in [3.8, 4) is 0 Å². The van der Waals surface area contributed by atoms with Crippen molar-refractivity contribution in [3.05, 3.63) is 0 Å². The average Bonchev–Trinajstić information content (AvgIpc) is 2.22. The summed E-state index contributed by atoms with van der Waals surface area (Å²) in [5, 5.41) is 0. The van der Waals surface area contributed by atoms with Crippen molar-refractivity contribution in [2.45, 2.75) is 39.7 Å². The number of carbonyl (C=O) groups excluding carboxylic acids is 1. The fourth-order valence-corrected chi connectivity index (χ4v) is 1.72. The molecule has 0 heterocycles. The molecule has 1 atom stereocenters. The van der Waals surface area contributed by atoms with E-state index >= 15 is 0 Å². The van der Waals surface area contributed by atoms with Gasteiger partial charge in [-0.15, -0.1) is 0 Å². The molecule has 102 valence electrons. The Hall–Kier alpha value is -0.610. The van der Waals surface area contributed by atoms with Gasteiger partial charge in [0.25, 0.3) is 0 Å². The first-order chi connectivity index (χ1) is 7.88. The third-order valence-electron chi connectivity index (χ3n) is 2.63. The molecule has 2 N–H and O–H groups in total. The number of rotatable bonds is 8. The van der Waals surface area contributed by atoms with Gasteiger partial charge in [-0.1, -0.05) is 27.2 Å². The maximum absolute atomic E-state index is 12.2. The van der Waals surface area contributed by atoms with E-state index in [0.717, 1.165) is 32.5 Å². The van der Waals surface area contributed by atoms with Crippen molar-refractivity contribution < 1.29 is 4.79 Å². The molecule has 0 fully saturated rings. The van der Waals surface area contributed by atoms with Gasteiger partial charge in [0.2, 0.25) is 5.91 Å². The molecule has 1 amide bonds. The lowest BCUT2D eigenvalue weighted by molar-refractivity contribution is -0.133. The Labute approximate surface area is 106 Å². The summed E-state index contributed by atoms with van der Waals surface area (Å²) in [6.07, 6.45) is 1.73. The summed E-state index contributed by atoms with van der Waals surface area (Å²) >= 11 is 0. The SMILES string of the molecule is CCC[C@@H](N)C(=O)N(CCN(C)C)CC(C)C. The van der Waals surface area contributed by atoms with Crippen LogP contribution in [0.25, 0.3) is 0 Å². The maximum Gasteiger partial charge on any atom is 0.239 e. The molecule has 0 aliphatic rings. The highest BCUT2D eigenvalue weighted by Gasteiger charge is 2.20. The number of hydrogen-bond acceptors (Lipinski definition) is 3. The van der Waals surface area contributed by atoms with Crippen LogP contribution in [-0.2, 0) is 4.79 Å². The van der Waals surface area contributed by atoms with E-state index in [0.29, 0.717) is 5.92 Å². The van der Waals surface area contributed by atoms with E-state index < -0.39 is 0 Å². The van der Waals surface area contributed by atoms with Crippen molar-refractivity contribution >= 4 is 5.91 Å². The molecule has 0 rings (SSSR count). The third kappa shape index (κ3) is 7.34. The first-order valence-electron chi connectivity index (χ1n) is 6.57. The fraction of sp³-hybridized carbons (Fsp3) is 0.923. The van der Waals surface area contributed by atoms with Gasteiger partial charge in [0.1, 0.15) is 0 Å². The van der Waals surface area contributed by atoms with Crippen LogP contribution < -0.4 is 5.73 Å². The third-order valence-corrected chi connectivity index (χ3v) is 2.63. The highest BCUT2D eigenvalue weighted by molar-refractivity contribution is 5.81. The van der Waals surface area contributed by atoms with E-state index in [4.69, 9.17) is 5.73 Å². The second kappa shape index (κ2) is 8.48. The lowest BCUT2D eigenvalue weighted by atomic mass is 10.1. The topological polar surface area (TPSA) is 49.6 Å². The van der Waals surface area contributed by atoms with Crippen molar-refractivity contribution in [1.29, 1.82) is 0 Å². The Morgan fingerprint density at radius 1 is 1.24 bits per heavy atom. The quantitative estimate of drug-likeness (QED) is 0.696. The number of nitrogens with zero attached hydrogens (tertiary/aromatic N) is 2. The van der Waals surface area contributed by atoms with Crippen LogP contribution in [0.5, 0.6) is 0 Å². The Balaban J connectivity index is 4.38. The van der Waals surface area contributed by atoms with Gasteiger partial charge in [-0.25, -0.2) is 0 Å². The van der Waals surface area contributed by atoms with Gasteiger partial charge in [0, 0.05) is 19.6 Å². The molecule has 0 aliphatic heterocycles. The molecule has 0 unspecified atom stereocenters. The molecule has 0 saturated carbocycles. The number of carbonyl (C=O) groups is 1. The minimum atomic E-state index is -0.332. The Morgan fingerprint density at radius 2 is 1.82 bits per heavy atom. The van der Waals surface area contributed by atoms with Crippen molar-refractivity contribution in [2.75, 3.05) is 33.7 Å². The molecular formula is C13H29N3O. The van der Waals surface area contributed by atoms with Gasteiger partial charge < -0.3 is 15.5 Å². The van der Waals surface area contributed by atoms with Gasteiger partial charge in [-0.3, -0.25) is 4.79 Å². The first kappa shape index (κ1) is 16.4. The number of amides is 1. The molecule has 0 aromatic rings. The summed E-state index contributed by atoms with van der Waals surface area (Å²) in [7, 11) is 4.04. The molecule has 0 aliphatic carbocycles. The van der Waals surface area contributed by atoms with Crippen molar-refractivity contribution in [2.24, 2.45) is 11.7 Å². The first-order valence-corrected chi connectivity index (χ1v) is 6.57. The van der Waals surface area contributed by atoms with Gasteiger partial charge in [-0.2, -0.15) is 0 Å². The second-order valence-electron chi connectivity index (χ2n) is 5.38. The highest BCUT2D eigenvalue weighted by Crippen LogP contribution is 2.04. The molecule has 17 heavy (non-hydrogen) atoms. The predicted molar refractivity (Wildman–Crippen MR) is 72.9 cm³/mol. The van der Waals surface area contributed by atoms with Crippen LogP contribution in [0.1, 0.15) is 33.6 Å². The van der Waals surface area contributed by atoms with Crippen LogP contribution in [0.15, 0.2) is 0 Å². The van der Waals surface area contributed by atoms with E-state index in [1.54, 1.807) is 0 Å². The van der Waals surface area contributed by atoms with Crippen LogP contribution in [0.3, 0.4) is 0 Å². The smallest absolute Gasteiger partial charge is 0.239 e. The molecule has 4 nitrogen and oxygen atoms in total. The predicted octanol–water partition coefficient (Wildman–Crippen LogP) is 1.16. The van der Waals surface area contributed by atoms with Crippen LogP contribution in [-0.4, -0.2) is 55.5 Å². The Bertz CT molecular complexity index is 217. The van der Waals surface area contributed by atoms with Gasteiger partial charge in [0.05, 0.1) is 6.04 Å². The normalized spacial score (nSPS) is 13.2. The zero-order chi connectivity index (χ0) is 13.4. The zero-order valence-corrected chi connectivity index (χ0v) is 12.1. The summed E-state index contributed by atoms with van der Waals surface area (Å²) in [5.41, 5.74) is 5.91. The maximum atomic E-state index is 12.2. The molecule has 0 saturated heterocycles. The van der Waals surface area contributed by atoms with E-state index in [2.05, 4.69) is 25.7 Å². The highest BCUT2D eigenvalue weighted by atomic mass is 16.2. The van der Waals surface area contributed by atoms with Gasteiger partial charge in [-0.05, 0) is 26.4 Å². The van der Waals surface area contributed by atoms with E-state index in [9.17, 15) is 4.79 Å². The summed E-state index contributed by atoms with van der Waals surface area (Å²) in [5.74, 6) is 0.581. The summed E-state index contributed by atoms with van der Waals surface area (Å²) < 4.78 is 0. The number of hydrogen-bond donors (Lipinski definition) is 1. The van der Waals surface area contributed by atoms with Crippen LogP contribution in [0.4, 0.5) is 0 Å². The number of nitrogens with two attached hydrogens (primary N) is 1. The minimum absolute atomic E-state index is 0.0994. The summed E-state index contributed by atoms with van der Waals surface area (Å²) in [6, 6.07) is -0.332. The standard InChI is InChI=1S/C13H29N3O/c1-6-7-12(14)13(17)16(10-11(2)3)9-8-15(4)5/h11-12H,6-10,14H2,1-5H3/t12-/m1/s1. The molecule has 0 radical (unpaired) electrons. The lowest BCUT2D eigenvalue weighted by Crippen LogP contribution is -2.47. The largest absolute Gasteiger partial charge is 0.340 e. The second-order valence-corrected chi connectivity index (χ2v) is 5.38. The fourth-order valence-electron chi connectivity index (χ4n) is 1.72. The summed E-state index contributed by atoms with van der Waals surface area (Å²) in [4.78, 5) is 16.2. The van der Waals surface area contributed by atoms with Gasteiger partial charge >= 0.3 is 0 Å². The van der Waals surface area contributed by atoms with E-state index in [-0.39, 0.29) is 11.9 Å². The Kier molecular flexibility index (Phi) is 8.17. The molecule has 0 spiro atoms. The van der Waals surface area contributed by atoms with Crippen LogP contribution in [0, 0.1) is 5.92 Å². The minimum Gasteiger partial charge on any atom is -0.340 e. The van der Waals surface area contributed by atoms with Crippen LogP contribution >= 0.6 is 0 Å². The lowest BCUT2D eigenvalue weighted by Gasteiger charge is -2.28. The van der Waals surface area contributed by atoms with E-state index in [1.165, 1.54) is 0 Å². The molecule has 0 aromatic heterocycles. The molecule has 4 heteroatoms.